The van der Waals surface area contributed by atoms with Gasteiger partial charge in [-0.2, -0.15) is 20.5 Å². The first-order valence-corrected chi connectivity index (χ1v) is 24.9. The first kappa shape index (κ1) is 48.4. The lowest BCUT2D eigenvalue weighted by Crippen LogP contribution is -2.31. The van der Waals surface area contributed by atoms with Gasteiger partial charge >= 0.3 is 0 Å². The highest BCUT2D eigenvalue weighted by atomic mass is 32.2. The van der Waals surface area contributed by atoms with Crippen molar-refractivity contribution >= 4 is 20.0 Å². The largest absolute Gasteiger partial charge is 0.490 e. The van der Waals surface area contributed by atoms with E-state index in [-0.39, 0.29) is 54.2 Å². The van der Waals surface area contributed by atoms with Crippen molar-refractivity contribution in [3.05, 3.63) is 106 Å². The Kier molecular flexibility index (Phi) is 15.2. The van der Waals surface area contributed by atoms with Gasteiger partial charge in [0.15, 0.2) is 0 Å². The van der Waals surface area contributed by atoms with Crippen molar-refractivity contribution in [3.63, 3.8) is 0 Å². The van der Waals surface area contributed by atoms with Gasteiger partial charge in [0.2, 0.25) is 31.7 Å². The van der Waals surface area contributed by atoms with E-state index in [2.05, 4.69) is 41.9 Å². The topological polar surface area (TPSA) is 266 Å². The molecule has 350 valence electrons. The van der Waals surface area contributed by atoms with E-state index in [1.54, 1.807) is 36.4 Å². The summed E-state index contributed by atoms with van der Waals surface area (Å²) in [6.07, 6.45) is 2.47. The van der Waals surface area contributed by atoms with Crippen molar-refractivity contribution in [2.24, 2.45) is 0 Å². The van der Waals surface area contributed by atoms with Crippen molar-refractivity contribution in [1.29, 1.82) is 10.5 Å². The number of methoxy groups -OCH3 is 1. The zero-order chi connectivity index (χ0) is 47.9. The monoisotopic (exact) mass is 950 g/mol. The van der Waals surface area contributed by atoms with Gasteiger partial charge in [0.05, 0.1) is 48.1 Å². The number of aliphatic hydroxyl groups excluding tert-OH is 1. The average molecular weight is 951 g/mol. The lowest BCUT2D eigenvalue weighted by Gasteiger charge is -2.14. The molecule has 4 aromatic carbocycles. The van der Waals surface area contributed by atoms with Crippen LogP contribution in [0.25, 0.3) is 45.7 Å². The summed E-state index contributed by atoms with van der Waals surface area (Å²) < 4.78 is 81.5. The molecular formula is C47H50N8O10S2. The minimum absolute atomic E-state index is 0.0542. The van der Waals surface area contributed by atoms with Crippen molar-refractivity contribution in [3.8, 4) is 69.3 Å². The van der Waals surface area contributed by atoms with Gasteiger partial charge < -0.3 is 28.4 Å². The van der Waals surface area contributed by atoms with E-state index >= 15 is 0 Å². The Bertz CT molecular complexity index is 3050. The molecular weight excluding hydrogens is 901 g/mol. The molecule has 2 aliphatic rings. The lowest BCUT2D eigenvalue weighted by atomic mass is 10.0. The summed E-state index contributed by atoms with van der Waals surface area (Å²) in [6.45, 7) is 7.27. The number of nitrogens with zero attached hydrogens (tertiary/aromatic N) is 6. The van der Waals surface area contributed by atoms with E-state index in [0.717, 1.165) is 33.4 Å². The summed E-state index contributed by atoms with van der Waals surface area (Å²) in [6, 6.07) is 25.1. The third-order valence-corrected chi connectivity index (χ3v) is 13.6. The summed E-state index contributed by atoms with van der Waals surface area (Å²) in [4.78, 5) is 9.07. The maximum atomic E-state index is 12.3. The van der Waals surface area contributed by atoms with Gasteiger partial charge in [-0.25, -0.2) is 26.3 Å². The second-order valence-electron chi connectivity index (χ2n) is 16.3. The number of benzene rings is 4. The summed E-state index contributed by atoms with van der Waals surface area (Å²) in [5.41, 5.74) is 7.26. The van der Waals surface area contributed by atoms with Crippen LogP contribution in [0.3, 0.4) is 0 Å². The third kappa shape index (κ3) is 11.5. The predicted octanol–water partition coefficient (Wildman–Crippen LogP) is 6.58. The molecule has 20 heteroatoms. The molecule has 2 aliphatic carbocycles. The molecule has 0 fully saturated rings. The first-order valence-electron chi connectivity index (χ1n) is 21.6. The molecule has 6 aromatic rings. The fourth-order valence-corrected chi connectivity index (χ4v) is 10.2. The molecule has 0 bridgehead atoms. The Morgan fingerprint density at radius 1 is 0.701 bits per heavy atom. The molecule has 18 nitrogen and oxygen atoms in total. The first-order chi connectivity index (χ1) is 32.1. The molecule has 2 heterocycles. The zero-order valence-corrected chi connectivity index (χ0v) is 39.1. The second-order valence-corrected chi connectivity index (χ2v) is 20.1. The van der Waals surface area contributed by atoms with Gasteiger partial charge in [-0.3, -0.25) is 0 Å². The Labute approximate surface area is 389 Å². The number of fused-ring (bicyclic) bond motifs is 2. The van der Waals surface area contributed by atoms with Gasteiger partial charge in [-0.1, -0.05) is 46.7 Å². The number of aromatic nitrogens is 4. The quantitative estimate of drug-likeness (QED) is 0.0872. The van der Waals surface area contributed by atoms with E-state index in [1.165, 1.54) is 7.11 Å². The Morgan fingerprint density at radius 2 is 1.15 bits per heavy atom. The van der Waals surface area contributed by atoms with Crippen LogP contribution in [0.15, 0.2) is 81.8 Å². The molecule has 67 heavy (non-hydrogen) atoms. The summed E-state index contributed by atoms with van der Waals surface area (Å²) in [5, 5.41) is 36.2. The number of aliphatic hydroxyl groups is 1. The number of sulfonamides is 2. The smallest absolute Gasteiger partial charge is 0.258 e. The number of nitrogens with one attached hydrogen (secondary N) is 2. The highest BCUT2D eigenvalue weighted by molar-refractivity contribution is 7.89. The number of ether oxygens (including phenoxy) is 3. The molecule has 8 rings (SSSR count). The van der Waals surface area contributed by atoms with Crippen LogP contribution in [0.1, 0.15) is 86.0 Å². The van der Waals surface area contributed by atoms with E-state index in [4.69, 9.17) is 28.4 Å². The molecule has 0 saturated heterocycles. The van der Waals surface area contributed by atoms with Crippen LogP contribution < -0.4 is 18.9 Å². The molecule has 3 N–H and O–H groups in total. The van der Waals surface area contributed by atoms with Gasteiger partial charge in [-0.05, 0) is 112 Å². The zero-order valence-electron chi connectivity index (χ0n) is 37.5. The van der Waals surface area contributed by atoms with Crippen LogP contribution in [0, 0.1) is 22.7 Å². The number of rotatable bonds is 17. The molecule has 0 unspecified atom stereocenters. The third-order valence-electron chi connectivity index (χ3n) is 10.9. The van der Waals surface area contributed by atoms with Crippen molar-refractivity contribution in [2.45, 2.75) is 77.7 Å². The maximum absolute atomic E-state index is 12.3. The van der Waals surface area contributed by atoms with Crippen molar-refractivity contribution in [2.75, 3.05) is 31.8 Å². The predicted molar refractivity (Wildman–Crippen MR) is 246 cm³/mol. The van der Waals surface area contributed by atoms with Gasteiger partial charge in [0.25, 0.3) is 11.8 Å². The van der Waals surface area contributed by atoms with E-state index in [0.29, 0.717) is 71.1 Å². The van der Waals surface area contributed by atoms with Crippen LogP contribution in [0.5, 0.6) is 11.5 Å². The molecule has 2 aromatic heterocycles. The van der Waals surface area contributed by atoms with Crippen LogP contribution in [-0.2, 0) is 37.6 Å². The molecule has 0 saturated carbocycles. The van der Waals surface area contributed by atoms with Crippen LogP contribution in [0.4, 0.5) is 0 Å². The maximum Gasteiger partial charge on any atom is 0.258 e. The number of hydrogen-bond donors (Lipinski definition) is 3. The molecule has 0 amide bonds. The molecule has 0 radical (unpaired) electrons. The summed E-state index contributed by atoms with van der Waals surface area (Å²) >= 11 is 0. The highest BCUT2D eigenvalue weighted by Gasteiger charge is 2.31. The average Bonchev–Trinajstić information content (AvgIpc) is 4.14. The molecule has 0 aliphatic heterocycles. The molecule has 0 spiro atoms. The second kappa shape index (κ2) is 21.0. The minimum atomic E-state index is -3.57. The van der Waals surface area contributed by atoms with E-state index < -0.39 is 26.7 Å². The number of nitriles is 2. The minimum Gasteiger partial charge on any atom is -0.490 e. The van der Waals surface area contributed by atoms with Gasteiger partial charge in [-0.15, -0.1) is 0 Å². The summed E-state index contributed by atoms with van der Waals surface area (Å²) in [7, 11) is -5.56. The van der Waals surface area contributed by atoms with Gasteiger partial charge in [0.1, 0.15) is 23.6 Å². The Balaban J connectivity index is 0.000000199. The normalized spacial score (nSPS) is 15.4. The standard InChI is InChI=1S/C24H26N4O5S.C23H24N4O5S/c1-15(2)32-22-10-7-16(13-17(22)14-25)24-26-23(27-33-24)20-6-4-5-19-18(20)8-9-21(19)28-34(29,30)12-11-31-3;1-14(2)31-21-9-6-15(12-16(21)13-24)23-25-22(26-32-23)19-5-3-4-18-17(19)7-8-20(18)27-33(29,30)11-10-28/h4-7,10,13,15,21,28H,8-9,11-12H2,1-3H3;3-6,9,12,14,20,27-28H,7-8,10-11H2,1-2H3/t21-;20-/m00/s1. The van der Waals surface area contributed by atoms with Crippen molar-refractivity contribution < 1.29 is 45.2 Å². The lowest BCUT2D eigenvalue weighted by molar-refractivity contribution is 0.216. The van der Waals surface area contributed by atoms with Crippen LogP contribution >= 0.6 is 0 Å². The van der Waals surface area contributed by atoms with E-state index in [9.17, 15) is 27.4 Å². The van der Waals surface area contributed by atoms with Crippen LogP contribution in [0.2, 0.25) is 0 Å². The Morgan fingerprint density at radius 3 is 1.55 bits per heavy atom. The van der Waals surface area contributed by atoms with Gasteiger partial charge in [0, 0.05) is 41.4 Å². The summed E-state index contributed by atoms with van der Waals surface area (Å²) in [5.74, 6) is 1.93. The number of hydrogen-bond acceptors (Lipinski definition) is 16. The fraction of sp³-hybridized carbons (Fsp3) is 0.362. The SMILES string of the molecule is CC(C)Oc1ccc(-c2nc(-c3cccc4c3CC[C@@H]4NS(=O)(=O)CCO)no2)cc1C#N.COCCS(=O)(=O)N[C@H]1CCc2c(-c3noc(-c4ccc(OC(C)C)c(C#N)c4)n3)cccc21. The van der Waals surface area contributed by atoms with E-state index in [1.807, 2.05) is 64.1 Å². The van der Waals surface area contributed by atoms with Crippen molar-refractivity contribution in [1.82, 2.24) is 29.7 Å². The fourth-order valence-electron chi connectivity index (χ4n) is 7.95. The highest BCUT2D eigenvalue weighted by Crippen LogP contribution is 2.40. The Hall–Kier alpha value is -6.52. The molecule has 2 atom stereocenters. The van der Waals surface area contributed by atoms with Crippen LogP contribution in [-0.4, -0.2) is 86.3 Å².